The number of nitriles is 1. The zero-order valence-electron chi connectivity index (χ0n) is 19.5. The lowest BCUT2D eigenvalue weighted by Gasteiger charge is -2.31. The van der Waals surface area contributed by atoms with Gasteiger partial charge < -0.3 is 11.1 Å². The lowest BCUT2D eigenvalue weighted by molar-refractivity contribution is -0.113. The Hall–Kier alpha value is -3.51. The Morgan fingerprint density at radius 2 is 1.83 bits per heavy atom. The van der Waals surface area contributed by atoms with Crippen LogP contribution in [-0.2, 0) is 10.3 Å². The molecule has 0 spiro atoms. The van der Waals surface area contributed by atoms with Crippen LogP contribution in [0.25, 0.3) is 0 Å². The minimum absolute atomic E-state index is 0.0484. The van der Waals surface area contributed by atoms with Crippen LogP contribution in [0.4, 0.5) is 23.2 Å². The van der Waals surface area contributed by atoms with E-state index in [0.717, 1.165) is 30.9 Å². The maximum absolute atomic E-state index is 14.7. The molecular formula is C27H26F4N4O. The maximum Gasteiger partial charge on any atom is 0.432 e. The van der Waals surface area contributed by atoms with Crippen molar-refractivity contribution in [3.05, 3.63) is 76.6 Å². The number of nitrogens with zero attached hydrogens (tertiary/aromatic N) is 2. The molecular weight excluding hydrogens is 472 g/mol. The molecule has 0 aromatic heterocycles. The smallest absolute Gasteiger partial charge is 0.320 e. The highest BCUT2D eigenvalue weighted by molar-refractivity contribution is 6.10. The molecule has 36 heavy (non-hydrogen) atoms. The third kappa shape index (κ3) is 5.82. The van der Waals surface area contributed by atoms with Crippen molar-refractivity contribution in [3.63, 3.8) is 0 Å². The Labute approximate surface area is 206 Å². The van der Waals surface area contributed by atoms with Crippen molar-refractivity contribution < 1.29 is 22.4 Å². The van der Waals surface area contributed by atoms with Crippen molar-refractivity contribution in [1.29, 1.82) is 5.26 Å². The number of allylic oxidation sites excluding steroid dienone is 1. The highest BCUT2D eigenvalue weighted by atomic mass is 19.4. The molecule has 5 nitrogen and oxygen atoms in total. The zero-order chi connectivity index (χ0) is 25.9. The second-order valence-electron chi connectivity index (χ2n) is 9.33. The summed E-state index contributed by atoms with van der Waals surface area (Å²) in [4.78, 5) is 16.3. The van der Waals surface area contributed by atoms with Crippen LogP contribution < -0.4 is 11.1 Å². The lowest BCUT2D eigenvalue weighted by Crippen LogP contribution is -2.38. The van der Waals surface area contributed by atoms with E-state index >= 15 is 0 Å². The molecule has 0 bridgehead atoms. The number of halogens is 4. The van der Waals surface area contributed by atoms with Gasteiger partial charge in [-0.3, -0.25) is 9.79 Å². The molecule has 1 aliphatic carbocycles. The number of hydrogen-bond acceptors (Lipinski definition) is 4. The van der Waals surface area contributed by atoms with E-state index in [9.17, 15) is 22.4 Å². The van der Waals surface area contributed by atoms with Crippen LogP contribution >= 0.6 is 0 Å². The van der Waals surface area contributed by atoms with Gasteiger partial charge in [-0.2, -0.15) is 18.4 Å². The number of carbonyl (C=O) groups is 1. The quantitative estimate of drug-likeness (QED) is 0.476. The number of nitrogens with one attached hydrogen (secondary N) is 1. The molecule has 0 radical (unpaired) electrons. The van der Waals surface area contributed by atoms with E-state index in [4.69, 9.17) is 11.0 Å². The second kappa shape index (κ2) is 10.2. The number of alkyl halides is 3. The first-order valence-electron chi connectivity index (χ1n) is 11.8. The van der Waals surface area contributed by atoms with Gasteiger partial charge in [0.25, 0.3) is 5.91 Å². The van der Waals surface area contributed by atoms with Gasteiger partial charge in [0.15, 0.2) is 0 Å². The molecule has 2 aromatic carbocycles. The summed E-state index contributed by atoms with van der Waals surface area (Å²) in [6.07, 6.45) is 0.101. The Balaban J connectivity index is 1.64. The number of carbonyl (C=O) groups excluding carboxylic acids is 1. The van der Waals surface area contributed by atoms with E-state index in [1.807, 2.05) is 0 Å². The molecule has 1 unspecified atom stereocenters. The highest BCUT2D eigenvalue weighted by Gasteiger charge is 2.36. The number of anilines is 1. The van der Waals surface area contributed by atoms with Crippen LogP contribution in [0.3, 0.4) is 0 Å². The van der Waals surface area contributed by atoms with Crippen molar-refractivity contribution in [2.75, 3.05) is 11.9 Å². The molecule has 1 aliphatic heterocycles. The van der Waals surface area contributed by atoms with Gasteiger partial charge in [0.1, 0.15) is 11.5 Å². The van der Waals surface area contributed by atoms with Crippen molar-refractivity contribution >= 4 is 17.3 Å². The van der Waals surface area contributed by atoms with Gasteiger partial charge >= 0.3 is 6.18 Å². The topological polar surface area (TPSA) is 91.3 Å². The summed E-state index contributed by atoms with van der Waals surface area (Å²) in [6.45, 7) is -0.0484. The number of aliphatic imine (C=N–C) groups is 1. The maximum atomic E-state index is 14.7. The van der Waals surface area contributed by atoms with Gasteiger partial charge in [-0.15, -0.1) is 0 Å². The normalized spacial score (nSPS) is 17.8. The second-order valence-corrected chi connectivity index (χ2v) is 9.33. The van der Waals surface area contributed by atoms with Gasteiger partial charge in [0.05, 0.1) is 22.9 Å². The van der Waals surface area contributed by atoms with E-state index in [1.54, 1.807) is 30.3 Å². The van der Waals surface area contributed by atoms with Crippen molar-refractivity contribution in [2.45, 2.75) is 50.2 Å². The average molecular weight is 499 g/mol. The first-order valence-corrected chi connectivity index (χ1v) is 11.8. The molecule has 1 atom stereocenters. The number of nitrogens with two attached hydrogens (primary N) is 1. The van der Waals surface area contributed by atoms with E-state index < -0.39 is 29.2 Å². The SMILES string of the molecule is N#Cc1ccc(C(N)(CCC2CC2)c2ccc(F)c(NC(=O)C3=CC(C(F)(F)F)=NCCC3)c2)cc1. The standard InChI is InChI=1S/C27H26F4N4O/c28-22-10-9-21(26(33,12-11-17-3-4-17)20-7-5-18(16-32)6-8-20)15-23(22)35-25(36)19-2-1-13-34-24(14-19)27(29,30)31/h5-10,14-15,17H,1-4,11-13,33H2,(H,35,36). The minimum Gasteiger partial charge on any atom is -0.320 e. The number of hydrogen-bond donors (Lipinski definition) is 2. The summed E-state index contributed by atoms with van der Waals surface area (Å²) in [5.41, 5.74) is 6.27. The van der Waals surface area contributed by atoms with Gasteiger partial charge in [0, 0.05) is 12.1 Å². The van der Waals surface area contributed by atoms with Gasteiger partial charge in [-0.05, 0) is 73.1 Å². The third-order valence-corrected chi connectivity index (χ3v) is 6.68. The molecule has 4 rings (SSSR count). The molecule has 9 heteroatoms. The van der Waals surface area contributed by atoms with Crippen molar-refractivity contribution in [1.82, 2.24) is 0 Å². The predicted molar refractivity (Wildman–Crippen MR) is 129 cm³/mol. The first-order chi connectivity index (χ1) is 17.1. The monoisotopic (exact) mass is 498 g/mol. The van der Waals surface area contributed by atoms with E-state index in [1.165, 1.54) is 12.1 Å². The van der Waals surface area contributed by atoms with Gasteiger partial charge in [-0.25, -0.2) is 4.39 Å². The van der Waals surface area contributed by atoms with Crippen LogP contribution in [0.5, 0.6) is 0 Å². The largest absolute Gasteiger partial charge is 0.432 e. The molecule has 1 fully saturated rings. The summed E-state index contributed by atoms with van der Waals surface area (Å²) < 4.78 is 54.3. The molecule has 2 aliphatic rings. The average Bonchev–Trinajstić information content (AvgIpc) is 3.70. The molecule has 188 valence electrons. The fraction of sp³-hybridized carbons (Fsp3) is 0.370. The minimum atomic E-state index is -4.68. The third-order valence-electron chi connectivity index (χ3n) is 6.68. The van der Waals surface area contributed by atoms with Gasteiger partial charge in [0.2, 0.25) is 0 Å². The zero-order valence-corrected chi connectivity index (χ0v) is 19.5. The fourth-order valence-electron chi connectivity index (χ4n) is 4.34. The van der Waals surface area contributed by atoms with E-state index in [2.05, 4.69) is 16.4 Å². The molecule has 0 saturated heterocycles. The molecule has 1 amide bonds. The van der Waals surface area contributed by atoms with Crippen molar-refractivity contribution in [2.24, 2.45) is 16.6 Å². The van der Waals surface area contributed by atoms with E-state index in [0.29, 0.717) is 23.5 Å². The molecule has 1 saturated carbocycles. The van der Waals surface area contributed by atoms with Crippen LogP contribution in [-0.4, -0.2) is 24.3 Å². The van der Waals surface area contributed by atoms with Crippen LogP contribution in [0.15, 0.2) is 59.1 Å². The summed E-state index contributed by atoms with van der Waals surface area (Å²) >= 11 is 0. The molecule has 2 aromatic rings. The van der Waals surface area contributed by atoms with Crippen LogP contribution in [0.2, 0.25) is 0 Å². The summed E-state index contributed by atoms with van der Waals surface area (Å²) in [7, 11) is 0. The molecule has 3 N–H and O–H groups in total. The Bertz CT molecular complexity index is 1240. The Kier molecular flexibility index (Phi) is 7.27. The Morgan fingerprint density at radius 1 is 1.14 bits per heavy atom. The number of benzene rings is 2. The summed E-state index contributed by atoms with van der Waals surface area (Å²) in [5, 5.41) is 11.6. The fourth-order valence-corrected chi connectivity index (χ4v) is 4.34. The Morgan fingerprint density at radius 3 is 2.47 bits per heavy atom. The predicted octanol–water partition coefficient (Wildman–Crippen LogP) is 5.75. The highest BCUT2D eigenvalue weighted by Crippen LogP contribution is 2.40. The lowest BCUT2D eigenvalue weighted by atomic mass is 9.79. The first kappa shape index (κ1) is 25.6. The molecule has 1 heterocycles. The van der Waals surface area contributed by atoms with Crippen LogP contribution in [0.1, 0.15) is 55.2 Å². The van der Waals surface area contributed by atoms with Gasteiger partial charge in [-0.1, -0.05) is 31.0 Å². The number of amides is 1. The summed E-state index contributed by atoms with van der Waals surface area (Å²) in [6, 6.07) is 13.1. The van der Waals surface area contributed by atoms with E-state index in [-0.39, 0.29) is 30.6 Å². The van der Waals surface area contributed by atoms with Crippen molar-refractivity contribution in [3.8, 4) is 6.07 Å². The summed E-state index contributed by atoms with van der Waals surface area (Å²) in [5.74, 6) is -0.961. The number of rotatable bonds is 7. The van der Waals surface area contributed by atoms with Crippen LogP contribution in [0, 0.1) is 23.1 Å².